The van der Waals surface area contributed by atoms with Gasteiger partial charge in [-0.25, -0.2) is 9.59 Å². The largest absolute Gasteiger partial charge is 0.465 e. The Morgan fingerprint density at radius 2 is 1.60 bits per heavy atom. The second-order valence-corrected chi connectivity index (χ2v) is 10.9. The Kier molecular flexibility index (Phi) is 10.2. The third kappa shape index (κ3) is 8.08. The van der Waals surface area contributed by atoms with Crippen molar-refractivity contribution in [3.05, 3.63) is 102 Å². The van der Waals surface area contributed by atoms with Gasteiger partial charge in [0.1, 0.15) is 11.6 Å². The predicted molar refractivity (Wildman–Crippen MR) is 159 cm³/mol. The molecule has 0 bridgehead atoms. The van der Waals surface area contributed by atoms with Crippen LogP contribution in [-0.4, -0.2) is 60.1 Å². The number of anilines is 1. The molecule has 1 aliphatic rings. The zero-order valence-electron chi connectivity index (χ0n) is 23.8. The van der Waals surface area contributed by atoms with E-state index in [1.807, 2.05) is 84.9 Å². The normalized spacial score (nSPS) is 17.7. The molecule has 0 spiro atoms. The van der Waals surface area contributed by atoms with Crippen LogP contribution >= 0.6 is 0 Å². The lowest BCUT2D eigenvalue weighted by Gasteiger charge is -2.39. The average Bonchev–Trinajstić information content (AvgIpc) is 2.97. The third-order valence-corrected chi connectivity index (χ3v) is 7.52. The van der Waals surface area contributed by atoms with Crippen molar-refractivity contribution < 1.29 is 29.0 Å². The van der Waals surface area contributed by atoms with Gasteiger partial charge in [-0.2, -0.15) is 0 Å². The number of morpholine rings is 1. The summed E-state index contributed by atoms with van der Waals surface area (Å²) in [6.07, 6.45) is -0.910. The Bertz CT molecular complexity index is 1300. The number of rotatable bonds is 11. The number of para-hydroxylation sites is 1. The summed E-state index contributed by atoms with van der Waals surface area (Å²) in [6.45, 7) is 4.48. The van der Waals surface area contributed by atoms with Crippen LogP contribution in [0.25, 0.3) is 0 Å². The number of nitrogens with one attached hydrogen (secondary N) is 3. The quantitative estimate of drug-likeness (QED) is 0.229. The lowest BCUT2D eigenvalue weighted by Crippen LogP contribution is -2.58. The third-order valence-electron chi connectivity index (χ3n) is 7.52. The van der Waals surface area contributed by atoms with Crippen LogP contribution in [0.1, 0.15) is 42.9 Å². The van der Waals surface area contributed by atoms with Crippen molar-refractivity contribution in [2.45, 2.75) is 56.4 Å². The lowest BCUT2D eigenvalue weighted by molar-refractivity contribution is -0.118. The van der Waals surface area contributed by atoms with Crippen LogP contribution in [0.5, 0.6) is 0 Å². The molecule has 1 saturated heterocycles. The zero-order valence-corrected chi connectivity index (χ0v) is 23.8. The molecule has 3 amide bonds. The second-order valence-electron chi connectivity index (χ2n) is 10.9. The van der Waals surface area contributed by atoms with Gasteiger partial charge < -0.3 is 36.3 Å². The topological polar surface area (TPSA) is 152 Å². The first-order valence-corrected chi connectivity index (χ1v) is 14.0. The second kappa shape index (κ2) is 14.0. The summed E-state index contributed by atoms with van der Waals surface area (Å²) in [5.74, 6) is -1.01. The highest BCUT2D eigenvalue weighted by molar-refractivity contribution is 5.98. The van der Waals surface area contributed by atoms with E-state index in [9.17, 15) is 19.5 Å². The monoisotopic (exact) mass is 574 g/mol. The van der Waals surface area contributed by atoms with Crippen molar-refractivity contribution in [3.8, 4) is 0 Å². The van der Waals surface area contributed by atoms with Crippen LogP contribution in [0.2, 0.25) is 0 Å². The van der Waals surface area contributed by atoms with Gasteiger partial charge in [-0.3, -0.25) is 4.79 Å². The number of aryl methyl sites for hydroxylation is 1. The summed E-state index contributed by atoms with van der Waals surface area (Å²) in [5, 5.41) is 18.5. The minimum atomic E-state index is -1.29. The maximum absolute atomic E-state index is 13.8. The van der Waals surface area contributed by atoms with Crippen molar-refractivity contribution in [1.82, 2.24) is 10.6 Å². The van der Waals surface area contributed by atoms with E-state index < -0.39 is 35.7 Å². The van der Waals surface area contributed by atoms with Gasteiger partial charge in [0.05, 0.1) is 18.8 Å². The van der Waals surface area contributed by atoms with E-state index in [0.717, 1.165) is 16.7 Å². The maximum atomic E-state index is 13.8. The van der Waals surface area contributed by atoms with E-state index in [0.29, 0.717) is 31.7 Å². The van der Waals surface area contributed by atoms with Crippen LogP contribution in [0.15, 0.2) is 84.9 Å². The summed E-state index contributed by atoms with van der Waals surface area (Å²) in [5.41, 5.74) is 7.53. The number of benzene rings is 3. The molecule has 222 valence electrons. The van der Waals surface area contributed by atoms with Crippen molar-refractivity contribution in [2.75, 3.05) is 18.5 Å². The molecule has 3 aromatic carbocycles. The lowest BCUT2D eigenvalue weighted by atomic mass is 9.84. The fraction of sp³-hybridized carbons (Fsp3) is 0.344. The van der Waals surface area contributed by atoms with E-state index >= 15 is 0 Å². The van der Waals surface area contributed by atoms with Crippen molar-refractivity contribution in [3.63, 3.8) is 0 Å². The molecule has 0 aromatic heterocycles. The molecule has 1 aliphatic heterocycles. The standard InChI is InChI=1S/C32H38N4O6/c1-32(2,42-30(33)38)26-20-41-24(19-34-26)18-17-21-11-9-10-16-25(21)35-29(37)28(36-31(39)40)27(22-12-5-3-6-13-22)23-14-7-4-8-15-23/h3-16,24,26-28,34,36H,17-20H2,1-2H3,(H2,33,38)(H,35,37)(H,39,40)/t24-,26+,28+/m1/s1. The first kappa shape index (κ1) is 30.5. The Morgan fingerprint density at radius 1 is 1.00 bits per heavy atom. The predicted octanol–water partition coefficient (Wildman–Crippen LogP) is 4.26. The molecule has 4 rings (SSSR count). The molecule has 0 radical (unpaired) electrons. The molecule has 0 aliphatic carbocycles. The van der Waals surface area contributed by atoms with Crippen LogP contribution in [0, 0.1) is 0 Å². The Morgan fingerprint density at radius 3 is 2.14 bits per heavy atom. The number of carboxylic acid groups (broad SMARTS) is 1. The van der Waals surface area contributed by atoms with E-state index in [4.69, 9.17) is 15.2 Å². The van der Waals surface area contributed by atoms with E-state index in [1.54, 1.807) is 13.8 Å². The van der Waals surface area contributed by atoms with Gasteiger partial charge in [0.15, 0.2) is 0 Å². The summed E-state index contributed by atoms with van der Waals surface area (Å²) >= 11 is 0. The number of carbonyl (C=O) groups is 3. The number of hydrogen-bond acceptors (Lipinski definition) is 6. The van der Waals surface area contributed by atoms with Gasteiger partial charge in [-0.15, -0.1) is 0 Å². The molecular formula is C32H38N4O6. The Hall–Kier alpha value is -4.41. The molecule has 42 heavy (non-hydrogen) atoms. The molecule has 10 nitrogen and oxygen atoms in total. The molecule has 3 aromatic rings. The van der Waals surface area contributed by atoms with E-state index in [-0.39, 0.29) is 12.1 Å². The van der Waals surface area contributed by atoms with Gasteiger partial charge in [-0.1, -0.05) is 78.9 Å². The first-order valence-electron chi connectivity index (χ1n) is 14.0. The van der Waals surface area contributed by atoms with Crippen molar-refractivity contribution >= 4 is 23.8 Å². The summed E-state index contributed by atoms with van der Waals surface area (Å²) in [4.78, 5) is 36.9. The molecule has 3 atom stereocenters. The highest BCUT2D eigenvalue weighted by atomic mass is 16.6. The van der Waals surface area contributed by atoms with E-state index in [2.05, 4.69) is 16.0 Å². The number of ether oxygens (including phenoxy) is 2. The average molecular weight is 575 g/mol. The van der Waals surface area contributed by atoms with Crippen LogP contribution in [0.4, 0.5) is 15.3 Å². The smallest absolute Gasteiger partial charge is 0.405 e. The van der Waals surface area contributed by atoms with Gasteiger partial charge >= 0.3 is 12.2 Å². The molecule has 0 unspecified atom stereocenters. The highest BCUT2D eigenvalue weighted by Gasteiger charge is 2.36. The Balaban J connectivity index is 1.47. The SMILES string of the molecule is CC(C)(OC(N)=O)[C@@H]1CO[C@H](CCc2ccccc2NC(=O)[C@@H](NC(=O)O)C(c2ccccc2)c2ccccc2)CN1. The summed E-state index contributed by atoms with van der Waals surface area (Å²) in [6, 6.07) is 25.0. The number of carbonyl (C=O) groups excluding carboxylic acids is 2. The fourth-order valence-corrected chi connectivity index (χ4v) is 5.30. The van der Waals surface area contributed by atoms with Crippen LogP contribution in [0.3, 0.4) is 0 Å². The summed E-state index contributed by atoms with van der Waals surface area (Å²) < 4.78 is 11.3. The fourth-order valence-electron chi connectivity index (χ4n) is 5.30. The number of nitrogens with two attached hydrogens (primary N) is 1. The zero-order chi connectivity index (χ0) is 30.1. The van der Waals surface area contributed by atoms with Crippen molar-refractivity contribution in [1.29, 1.82) is 0 Å². The number of amides is 3. The summed E-state index contributed by atoms with van der Waals surface area (Å²) in [7, 11) is 0. The minimum Gasteiger partial charge on any atom is -0.465 e. The molecular weight excluding hydrogens is 536 g/mol. The first-order chi connectivity index (χ1) is 20.1. The molecule has 1 heterocycles. The van der Waals surface area contributed by atoms with Gasteiger partial charge in [0, 0.05) is 18.2 Å². The van der Waals surface area contributed by atoms with E-state index in [1.165, 1.54) is 0 Å². The Labute approximate surface area is 245 Å². The maximum Gasteiger partial charge on any atom is 0.405 e. The van der Waals surface area contributed by atoms with Crippen molar-refractivity contribution in [2.24, 2.45) is 5.73 Å². The number of hydrogen-bond donors (Lipinski definition) is 5. The number of primary amides is 1. The van der Waals surface area contributed by atoms with Crippen LogP contribution in [-0.2, 0) is 20.7 Å². The molecule has 0 saturated carbocycles. The highest BCUT2D eigenvalue weighted by Crippen LogP contribution is 2.30. The van der Waals surface area contributed by atoms with Crippen LogP contribution < -0.4 is 21.7 Å². The molecule has 1 fully saturated rings. The molecule has 10 heteroatoms. The van der Waals surface area contributed by atoms with Gasteiger partial charge in [0.25, 0.3) is 0 Å². The van der Waals surface area contributed by atoms with Gasteiger partial charge in [-0.05, 0) is 49.4 Å². The minimum absolute atomic E-state index is 0.0867. The van der Waals surface area contributed by atoms with Gasteiger partial charge in [0.2, 0.25) is 5.91 Å². The molecule has 6 N–H and O–H groups in total.